The van der Waals surface area contributed by atoms with Crippen molar-refractivity contribution in [3.05, 3.63) is 0 Å². The summed E-state index contributed by atoms with van der Waals surface area (Å²) in [7, 11) is 0. The van der Waals surface area contributed by atoms with Crippen LogP contribution in [0.1, 0.15) is 33.1 Å². The second kappa shape index (κ2) is 4.75. The maximum absolute atomic E-state index is 11.5. The second-order valence-electron chi connectivity index (χ2n) is 4.19. The normalized spacial score (nSPS) is 19.1. The van der Waals surface area contributed by atoms with Crippen LogP contribution < -0.4 is 11.1 Å². The van der Waals surface area contributed by atoms with Gasteiger partial charge in [-0.25, -0.2) is 0 Å². The number of amides is 1. The molecule has 82 valence electrons. The van der Waals surface area contributed by atoms with E-state index < -0.39 is 5.54 Å². The highest BCUT2D eigenvalue weighted by atomic mass is 16.5. The molecule has 0 aromatic rings. The molecule has 0 unspecified atom stereocenters. The van der Waals surface area contributed by atoms with Crippen LogP contribution in [0.4, 0.5) is 0 Å². The van der Waals surface area contributed by atoms with Gasteiger partial charge in [0.1, 0.15) is 0 Å². The van der Waals surface area contributed by atoms with Gasteiger partial charge >= 0.3 is 0 Å². The molecular formula is C10H20N2O2. The lowest BCUT2D eigenvalue weighted by Gasteiger charge is -2.36. The molecule has 1 aliphatic carbocycles. The van der Waals surface area contributed by atoms with Crippen LogP contribution in [0.3, 0.4) is 0 Å². The third-order valence-electron chi connectivity index (χ3n) is 2.54. The minimum atomic E-state index is -0.585. The van der Waals surface area contributed by atoms with Gasteiger partial charge in [-0.1, -0.05) is 0 Å². The minimum absolute atomic E-state index is 0.0314. The predicted molar refractivity (Wildman–Crippen MR) is 54.9 cm³/mol. The van der Waals surface area contributed by atoms with Gasteiger partial charge < -0.3 is 15.8 Å². The van der Waals surface area contributed by atoms with E-state index in [1.807, 2.05) is 13.8 Å². The van der Waals surface area contributed by atoms with Crippen LogP contribution in [0.25, 0.3) is 0 Å². The Bertz CT molecular complexity index is 200. The first-order valence-electron chi connectivity index (χ1n) is 5.23. The number of ether oxygens (including phenoxy) is 1. The lowest BCUT2D eigenvalue weighted by molar-refractivity contribution is -0.129. The van der Waals surface area contributed by atoms with Crippen LogP contribution in [-0.4, -0.2) is 30.7 Å². The average Bonchev–Trinajstić information content (AvgIpc) is 2.07. The highest BCUT2D eigenvalue weighted by Gasteiger charge is 2.39. The fraction of sp³-hybridized carbons (Fsp3) is 0.900. The van der Waals surface area contributed by atoms with E-state index in [4.69, 9.17) is 10.5 Å². The summed E-state index contributed by atoms with van der Waals surface area (Å²) in [4.78, 5) is 11.5. The van der Waals surface area contributed by atoms with Crippen molar-refractivity contribution >= 4 is 5.91 Å². The quantitative estimate of drug-likeness (QED) is 0.632. The van der Waals surface area contributed by atoms with Crippen molar-refractivity contribution in [2.45, 2.75) is 44.8 Å². The summed E-state index contributed by atoms with van der Waals surface area (Å²) < 4.78 is 5.30. The Hall–Kier alpha value is -0.610. The SMILES string of the molecule is CC(C)OCCNC(=O)C1(N)CCC1. The van der Waals surface area contributed by atoms with Crippen molar-refractivity contribution in [2.75, 3.05) is 13.2 Å². The van der Waals surface area contributed by atoms with Gasteiger partial charge in [0.05, 0.1) is 18.2 Å². The molecule has 1 rings (SSSR count). The lowest BCUT2D eigenvalue weighted by atomic mass is 9.77. The summed E-state index contributed by atoms with van der Waals surface area (Å²) in [6.07, 6.45) is 2.89. The summed E-state index contributed by atoms with van der Waals surface area (Å²) in [6, 6.07) is 0. The van der Waals surface area contributed by atoms with Crippen molar-refractivity contribution in [3.63, 3.8) is 0 Å². The molecule has 0 heterocycles. The Kier molecular flexibility index (Phi) is 3.89. The summed E-state index contributed by atoms with van der Waals surface area (Å²) in [6.45, 7) is 5.05. The van der Waals surface area contributed by atoms with Gasteiger partial charge in [-0.15, -0.1) is 0 Å². The molecule has 0 aromatic heterocycles. The van der Waals surface area contributed by atoms with E-state index in [2.05, 4.69) is 5.32 Å². The first-order chi connectivity index (χ1) is 6.54. The van der Waals surface area contributed by atoms with Crippen LogP contribution in [0.2, 0.25) is 0 Å². The average molecular weight is 200 g/mol. The molecule has 0 aromatic carbocycles. The minimum Gasteiger partial charge on any atom is -0.377 e. The zero-order chi connectivity index (χ0) is 10.6. The molecule has 0 bridgehead atoms. The lowest BCUT2D eigenvalue weighted by Crippen LogP contribution is -2.58. The van der Waals surface area contributed by atoms with E-state index in [9.17, 15) is 4.79 Å². The Balaban J connectivity index is 2.09. The standard InChI is InChI=1S/C10H20N2O2/c1-8(2)14-7-6-12-9(13)10(11)4-3-5-10/h8H,3-7,11H2,1-2H3,(H,12,13). The first-order valence-corrected chi connectivity index (χ1v) is 5.23. The number of carbonyl (C=O) groups excluding carboxylic acids is 1. The Morgan fingerprint density at radius 2 is 2.21 bits per heavy atom. The van der Waals surface area contributed by atoms with Gasteiger partial charge in [-0.2, -0.15) is 0 Å². The number of nitrogens with two attached hydrogens (primary N) is 1. The van der Waals surface area contributed by atoms with Crippen LogP contribution in [0.15, 0.2) is 0 Å². The van der Waals surface area contributed by atoms with Gasteiger partial charge in [0, 0.05) is 6.54 Å². The molecule has 1 amide bonds. The highest BCUT2D eigenvalue weighted by molar-refractivity contribution is 5.86. The van der Waals surface area contributed by atoms with Crippen LogP contribution >= 0.6 is 0 Å². The molecule has 0 atom stereocenters. The van der Waals surface area contributed by atoms with Crippen molar-refractivity contribution in [1.29, 1.82) is 0 Å². The summed E-state index contributed by atoms with van der Waals surface area (Å²) in [5, 5.41) is 2.79. The largest absolute Gasteiger partial charge is 0.377 e. The van der Waals surface area contributed by atoms with Crippen molar-refractivity contribution < 1.29 is 9.53 Å². The molecule has 1 aliphatic rings. The number of hydrogen-bond donors (Lipinski definition) is 2. The van der Waals surface area contributed by atoms with E-state index in [-0.39, 0.29) is 12.0 Å². The van der Waals surface area contributed by atoms with E-state index >= 15 is 0 Å². The molecule has 3 N–H and O–H groups in total. The zero-order valence-corrected chi connectivity index (χ0v) is 9.01. The second-order valence-corrected chi connectivity index (χ2v) is 4.19. The van der Waals surface area contributed by atoms with Gasteiger partial charge in [0.15, 0.2) is 0 Å². The molecular weight excluding hydrogens is 180 g/mol. The molecule has 1 fully saturated rings. The van der Waals surface area contributed by atoms with Crippen molar-refractivity contribution in [1.82, 2.24) is 5.32 Å². The van der Waals surface area contributed by atoms with Crippen molar-refractivity contribution in [2.24, 2.45) is 5.73 Å². The third kappa shape index (κ3) is 2.96. The van der Waals surface area contributed by atoms with Gasteiger partial charge in [-0.3, -0.25) is 4.79 Å². The van der Waals surface area contributed by atoms with Gasteiger partial charge in [0.2, 0.25) is 5.91 Å². The molecule has 0 spiro atoms. The monoisotopic (exact) mass is 200 g/mol. The van der Waals surface area contributed by atoms with Crippen LogP contribution in [0, 0.1) is 0 Å². The first kappa shape index (κ1) is 11.5. The van der Waals surface area contributed by atoms with Gasteiger partial charge in [0.25, 0.3) is 0 Å². The van der Waals surface area contributed by atoms with Crippen molar-refractivity contribution in [3.8, 4) is 0 Å². The molecule has 0 saturated heterocycles. The number of nitrogens with one attached hydrogen (secondary N) is 1. The molecule has 1 saturated carbocycles. The smallest absolute Gasteiger partial charge is 0.240 e. The Morgan fingerprint density at radius 3 is 2.64 bits per heavy atom. The van der Waals surface area contributed by atoms with Gasteiger partial charge in [-0.05, 0) is 33.1 Å². The maximum Gasteiger partial charge on any atom is 0.240 e. The zero-order valence-electron chi connectivity index (χ0n) is 9.01. The van der Waals surface area contributed by atoms with E-state index in [1.54, 1.807) is 0 Å². The topological polar surface area (TPSA) is 64.3 Å². The fourth-order valence-electron chi connectivity index (χ4n) is 1.42. The summed E-state index contributed by atoms with van der Waals surface area (Å²) in [5.74, 6) is -0.0314. The predicted octanol–water partition coefficient (Wildman–Crippen LogP) is 0.409. The molecule has 14 heavy (non-hydrogen) atoms. The maximum atomic E-state index is 11.5. The molecule has 0 radical (unpaired) electrons. The number of carbonyl (C=O) groups is 1. The third-order valence-corrected chi connectivity index (χ3v) is 2.54. The number of rotatable bonds is 5. The summed E-state index contributed by atoms with van der Waals surface area (Å²) in [5.41, 5.74) is 5.25. The Morgan fingerprint density at radius 1 is 1.57 bits per heavy atom. The number of hydrogen-bond acceptors (Lipinski definition) is 3. The highest BCUT2D eigenvalue weighted by Crippen LogP contribution is 2.28. The van der Waals surface area contributed by atoms with E-state index in [0.717, 1.165) is 19.3 Å². The Labute approximate surface area is 85.2 Å². The molecule has 0 aliphatic heterocycles. The molecule has 4 nitrogen and oxygen atoms in total. The van der Waals surface area contributed by atoms with Crippen LogP contribution in [-0.2, 0) is 9.53 Å². The van der Waals surface area contributed by atoms with E-state index in [0.29, 0.717) is 13.2 Å². The van der Waals surface area contributed by atoms with Crippen LogP contribution in [0.5, 0.6) is 0 Å². The summed E-state index contributed by atoms with van der Waals surface area (Å²) >= 11 is 0. The molecule has 4 heteroatoms. The fourth-order valence-corrected chi connectivity index (χ4v) is 1.42. The van der Waals surface area contributed by atoms with E-state index in [1.165, 1.54) is 0 Å².